The Bertz CT molecular complexity index is 590. The minimum absolute atomic E-state index is 0.142. The summed E-state index contributed by atoms with van der Waals surface area (Å²) >= 11 is 0. The van der Waals surface area contributed by atoms with Crippen LogP contribution in [0.3, 0.4) is 0 Å². The number of esters is 1. The number of hydrogen-bond acceptors (Lipinski definition) is 5. The third-order valence-electron chi connectivity index (χ3n) is 3.90. The summed E-state index contributed by atoms with van der Waals surface area (Å²) in [5.41, 5.74) is 0.954. The molecule has 7 nitrogen and oxygen atoms in total. The van der Waals surface area contributed by atoms with E-state index in [-0.39, 0.29) is 25.4 Å². The van der Waals surface area contributed by atoms with E-state index in [9.17, 15) is 14.4 Å². The van der Waals surface area contributed by atoms with Gasteiger partial charge in [0.2, 0.25) is 5.91 Å². The van der Waals surface area contributed by atoms with Crippen molar-refractivity contribution in [2.45, 2.75) is 44.3 Å². The molecule has 0 saturated carbocycles. The van der Waals surface area contributed by atoms with E-state index in [1.807, 2.05) is 30.3 Å². The van der Waals surface area contributed by atoms with Gasteiger partial charge in [-0.3, -0.25) is 19.7 Å². The van der Waals surface area contributed by atoms with Crippen LogP contribution < -0.4 is 10.6 Å². The molecular weight excluding hydrogens is 312 g/mol. The summed E-state index contributed by atoms with van der Waals surface area (Å²) in [5.74, 6) is -1.62. The Morgan fingerprint density at radius 1 is 1.38 bits per heavy atom. The van der Waals surface area contributed by atoms with Gasteiger partial charge in [0, 0.05) is 12.5 Å². The quantitative estimate of drug-likeness (QED) is 0.597. The summed E-state index contributed by atoms with van der Waals surface area (Å²) in [7, 11) is 0. The molecule has 3 atom stereocenters. The number of ether oxygens (including phenoxy) is 1. The monoisotopic (exact) mass is 334 g/mol. The van der Waals surface area contributed by atoms with Crippen LogP contribution in [0.15, 0.2) is 30.3 Å². The third-order valence-corrected chi connectivity index (χ3v) is 3.90. The average Bonchev–Trinajstić information content (AvgIpc) is 2.86. The summed E-state index contributed by atoms with van der Waals surface area (Å²) in [6.45, 7) is 1.98. The molecule has 1 amide bonds. The molecule has 0 unspecified atom stereocenters. The number of nitrogens with one attached hydrogen (secondary N) is 2. The molecular formula is C17H22N2O5. The van der Waals surface area contributed by atoms with Gasteiger partial charge in [-0.15, -0.1) is 0 Å². The first-order chi connectivity index (χ1) is 11.5. The van der Waals surface area contributed by atoms with Crippen molar-refractivity contribution in [3.63, 3.8) is 0 Å². The summed E-state index contributed by atoms with van der Waals surface area (Å²) in [5, 5.41) is 14.7. The van der Waals surface area contributed by atoms with Gasteiger partial charge >= 0.3 is 11.9 Å². The lowest BCUT2D eigenvalue weighted by atomic mass is 10.0. The lowest BCUT2D eigenvalue weighted by Gasteiger charge is -2.24. The first kappa shape index (κ1) is 17.9. The van der Waals surface area contributed by atoms with E-state index in [0.717, 1.165) is 5.56 Å². The molecule has 1 aromatic carbocycles. The molecule has 1 fully saturated rings. The number of carbonyl (C=O) groups is 3. The lowest BCUT2D eigenvalue weighted by Crippen LogP contribution is -2.50. The van der Waals surface area contributed by atoms with Crippen LogP contribution >= 0.6 is 0 Å². The minimum atomic E-state index is -0.996. The maximum Gasteiger partial charge on any atom is 0.323 e. The van der Waals surface area contributed by atoms with Crippen molar-refractivity contribution < 1.29 is 24.2 Å². The van der Waals surface area contributed by atoms with E-state index in [2.05, 4.69) is 10.6 Å². The highest BCUT2D eigenvalue weighted by molar-refractivity contribution is 5.82. The van der Waals surface area contributed by atoms with Crippen LogP contribution in [0, 0.1) is 0 Å². The topological polar surface area (TPSA) is 105 Å². The Labute approximate surface area is 140 Å². The van der Waals surface area contributed by atoms with Gasteiger partial charge in [0.05, 0.1) is 19.1 Å². The third kappa shape index (κ3) is 5.06. The highest BCUT2D eigenvalue weighted by atomic mass is 16.5. The first-order valence-corrected chi connectivity index (χ1v) is 7.97. The van der Waals surface area contributed by atoms with Crippen molar-refractivity contribution in [3.05, 3.63) is 35.9 Å². The van der Waals surface area contributed by atoms with Crippen LogP contribution in [0.5, 0.6) is 0 Å². The molecule has 2 rings (SSSR count). The zero-order valence-electron chi connectivity index (χ0n) is 13.5. The fourth-order valence-corrected chi connectivity index (χ4v) is 2.83. The summed E-state index contributed by atoms with van der Waals surface area (Å²) < 4.78 is 5.11. The van der Waals surface area contributed by atoms with E-state index >= 15 is 0 Å². The summed E-state index contributed by atoms with van der Waals surface area (Å²) in [6.07, 6.45) is 0.358. The van der Waals surface area contributed by atoms with Crippen LogP contribution in [-0.4, -0.2) is 47.7 Å². The molecule has 1 heterocycles. The summed E-state index contributed by atoms with van der Waals surface area (Å²) in [4.78, 5) is 34.8. The van der Waals surface area contributed by atoms with Gasteiger partial charge in [-0.05, 0) is 18.9 Å². The molecule has 1 saturated heterocycles. The van der Waals surface area contributed by atoms with Gasteiger partial charge in [0.1, 0.15) is 6.04 Å². The Kier molecular flexibility index (Phi) is 6.31. The Morgan fingerprint density at radius 2 is 2.08 bits per heavy atom. The highest BCUT2D eigenvalue weighted by Gasteiger charge is 2.36. The zero-order valence-corrected chi connectivity index (χ0v) is 13.5. The summed E-state index contributed by atoms with van der Waals surface area (Å²) in [6, 6.07) is 7.85. The number of carboxylic acid groups (broad SMARTS) is 1. The molecule has 130 valence electrons. The lowest BCUT2D eigenvalue weighted by molar-refractivity contribution is -0.146. The SMILES string of the molecule is CCOC(=O)[C@H](Cc1ccccc1)N[C@@H]1CC(=O)N[C@@H]1CC(=O)O. The van der Waals surface area contributed by atoms with Crippen LogP contribution in [0.4, 0.5) is 0 Å². The second-order valence-corrected chi connectivity index (χ2v) is 5.74. The number of carbonyl (C=O) groups excluding carboxylic acids is 2. The molecule has 3 N–H and O–H groups in total. The molecule has 1 aliphatic heterocycles. The van der Waals surface area contributed by atoms with Crippen molar-refractivity contribution >= 4 is 17.8 Å². The van der Waals surface area contributed by atoms with Crippen molar-refractivity contribution in [1.29, 1.82) is 0 Å². The Morgan fingerprint density at radius 3 is 2.71 bits per heavy atom. The molecule has 1 aliphatic rings. The molecule has 0 aromatic heterocycles. The van der Waals surface area contributed by atoms with E-state index in [1.54, 1.807) is 6.92 Å². The van der Waals surface area contributed by atoms with E-state index in [1.165, 1.54) is 0 Å². The smallest absolute Gasteiger partial charge is 0.323 e. The van der Waals surface area contributed by atoms with Crippen LogP contribution in [0.1, 0.15) is 25.3 Å². The van der Waals surface area contributed by atoms with Crippen LogP contribution in [0.25, 0.3) is 0 Å². The number of carboxylic acids is 1. The van der Waals surface area contributed by atoms with Crippen molar-refractivity contribution in [1.82, 2.24) is 10.6 Å². The number of benzene rings is 1. The fourth-order valence-electron chi connectivity index (χ4n) is 2.83. The van der Waals surface area contributed by atoms with Crippen molar-refractivity contribution in [3.8, 4) is 0 Å². The molecule has 0 aliphatic carbocycles. The molecule has 0 bridgehead atoms. The zero-order chi connectivity index (χ0) is 17.5. The van der Waals surface area contributed by atoms with Gasteiger partial charge < -0.3 is 15.2 Å². The minimum Gasteiger partial charge on any atom is -0.481 e. The standard InChI is InChI=1S/C17H22N2O5/c1-2-24-17(23)14(8-11-6-4-3-5-7-11)18-12-9-15(20)19-13(12)10-16(21)22/h3-7,12-14,18H,2,8-10H2,1H3,(H,19,20)(H,21,22)/t12-,13-,14+/m1/s1. The molecule has 7 heteroatoms. The van der Waals surface area contributed by atoms with Crippen LogP contribution in [0.2, 0.25) is 0 Å². The van der Waals surface area contributed by atoms with Crippen molar-refractivity contribution in [2.24, 2.45) is 0 Å². The highest BCUT2D eigenvalue weighted by Crippen LogP contribution is 2.15. The predicted molar refractivity (Wildman–Crippen MR) is 86.3 cm³/mol. The van der Waals surface area contributed by atoms with Crippen molar-refractivity contribution in [2.75, 3.05) is 6.61 Å². The average molecular weight is 334 g/mol. The number of hydrogen-bond donors (Lipinski definition) is 3. The van der Waals surface area contributed by atoms with E-state index in [0.29, 0.717) is 6.42 Å². The van der Waals surface area contributed by atoms with Crippen LogP contribution in [-0.2, 0) is 25.5 Å². The second kappa shape index (κ2) is 8.44. The van der Waals surface area contributed by atoms with Gasteiger partial charge in [0.25, 0.3) is 0 Å². The number of amides is 1. The molecule has 1 aromatic rings. The van der Waals surface area contributed by atoms with Gasteiger partial charge in [0.15, 0.2) is 0 Å². The van der Waals surface area contributed by atoms with Gasteiger partial charge in [-0.2, -0.15) is 0 Å². The van der Waals surface area contributed by atoms with Gasteiger partial charge in [-0.1, -0.05) is 30.3 Å². The maximum absolute atomic E-state index is 12.2. The Balaban J connectivity index is 2.09. The largest absolute Gasteiger partial charge is 0.481 e. The molecule has 0 spiro atoms. The van der Waals surface area contributed by atoms with Gasteiger partial charge in [-0.25, -0.2) is 0 Å². The normalized spacial score (nSPS) is 21.1. The van der Waals surface area contributed by atoms with E-state index < -0.39 is 30.1 Å². The van der Waals surface area contributed by atoms with E-state index in [4.69, 9.17) is 9.84 Å². The first-order valence-electron chi connectivity index (χ1n) is 7.97. The molecule has 24 heavy (non-hydrogen) atoms. The number of aliphatic carboxylic acids is 1. The maximum atomic E-state index is 12.2. The molecule has 0 radical (unpaired) electrons. The number of rotatable bonds is 8. The fraction of sp³-hybridized carbons (Fsp3) is 0.471. The second-order valence-electron chi connectivity index (χ2n) is 5.74. The predicted octanol–water partition coefficient (Wildman–Crippen LogP) is 0.482. The Hall–Kier alpha value is -2.41.